The Hall–Kier alpha value is -2.44. The van der Waals surface area contributed by atoms with Crippen LogP contribution < -0.4 is 21.7 Å². The minimum atomic E-state index is -1.23. The fraction of sp³-hybridized carbons (Fsp3) is 0.500. The molecule has 4 unspecified atom stereocenters. The highest BCUT2D eigenvalue weighted by molar-refractivity contribution is 7.98. The number of hydrogen-bond acceptors (Lipinski definition) is 8. The van der Waals surface area contributed by atoms with Gasteiger partial charge in [0, 0.05) is 5.75 Å². The number of benzene rings is 1. The average molecular weight is 487 g/mol. The molecule has 0 spiro atoms. The van der Waals surface area contributed by atoms with Crippen molar-refractivity contribution >= 4 is 48.1 Å². The molecule has 4 atom stereocenters. The molecule has 3 amide bonds. The van der Waals surface area contributed by atoms with Gasteiger partial charge < -0.3 is 31.9 Å². The number of rotatable bonds is 13. The summed E-state index contributed by atoms with van der Waals surface area (Å²) in [5, 5.41) is 25.8. The maximum absolute atomic E-state index is 12.6. The highest BCUT2D eigenvalue weighted by atomic mass is 32.2. The Labute approximate surface area is 196 Å². The van der Waals surface area contributed by atoms with Gasteiger partial charge in [0.05, 0.1) is 6.04 Å². The highest BCUT2D eigenvalue weighted by Gasteiger charge is 2.28. The number of nitrogens with two attached hydrogens (primary N) is 1. The molecule has 1 aromatic rings. The van der Waals surface area contributed by atoms with Crippen LogP contribution in [0.2, 0.25) is 0 Å². The molecule has 0 aliphatic carbocycles. The summed E-state index contributed by atoms with van der Waals surface area (Å²) in [4.78, 5) is 48.5. The number of phenols is 1. The van der Waals surface area contributed by atoms with Crippen LogP contribution in [0.4, 0.5) is 0 Å². The SMILES string of the molecule is CSCCC(NC(=O)C(C)NC(=O)C(N)Cc1ccc(O)cc1)C(=O)NC(CS)C(=O)O. The molecule has 1 aromatic carbocycles. The van der Waals surface area contributed by atoms with E-state index < -0.39 is 47.9 Å². The van der Waals surface area contributed by atoms with Crippen LogP contribution in [0.5, 0.6) is 5.75 Å². The predicted molar refractivity (Wildman–Crippen MR) is 126 cm³/mol. The summed E-state index contributed by atoms with van der Waals surface area (Å²) in [6.45, 7) is 1.46. The van der Waals surface area contributed by atoms with Crippen molar-refractivity contribution in [2.24, 2.45) is 5.73 Å². The second-order valence-corrected chi connectivity index (χ2v) is 8.48. The first-order chi connectivity index (χ1) is 15.1. The molecule has 1 rings (SSSR count). The third-order valence-corrected chi connectivity index (χ3v) is 5.53. The van der Waals surface area contributed by atoms with Gasteiger partial charge in [-0.2, -0.15) is 24.4 Å². The van der Waals surface area contributed by atoms with Crippen LogP contribution in [0, 0.1) is 0 Å². The molecular weight excluding hydrogens is 456 g/mol. The molecule has 0 radical (unpaired) electrons. The van der Waals surface area contributed by atoms with Crippen molar-refractivity contribution in [3.8, 4) is 5.75 Å². The molecule has 0 aliphatic heterocycles. The fourth-order valence-electron chi connectivity index (χ4n) is 2.62. The summed E-state index contributed by atoms with van der Waals surface area (Å²) in [5.74, 6) is -2.48. The molecule has 0 saturated carbocycles. The zero-order valence-corrected chi connectivity index (χ0v) is 19.6. The summed E-state index contributed by atoms with van der Waals surface area (Å²) in [7, 11) is 0. The number of hydrogen-bond donors (Lipinski definition) is 7. The van der Waals surface area contributed by atoms with Gasteiger partial charge in [-0.15, -0.1) is 0 Å². The molecule has 0 saturated heterocycles. The molecule has 0 aromatic heterocycles. The van der Waals surface area contributed by atoms with Gasteiger partial charge in [-0.25, -0.2) is 4.79 Å². The minimum absolute atomic E-state index is 0.0983. The lowest BCUT2D eigenvalue weighted by Gasteiger charge is -2.23. The van der Waals surface area contributed by atoms with Crippen molar-refractivity contribution in [2.75, 3.05) is 17.8 Å². The number of aromatic hydroxyl groups is 1. The van der Waals surface area contributed by atoms with Gasteiger partial charge in [-0.1, -0.05) is 12.1 Å². The summed E-state index contributed by atoms with van der Waals surface area (Å²) in [6.07, 6.45) is 2.32. The fourth-order valence-corrected chi connectivity index (χ4v) is 3.34. The number of carboxylic acids is 1. The van der Waals surface area contributed by atoms with Crippen molar-refractivity contribution in [2.45, 2.75) is 43.9 Å². The van der Waals surface area contributed by atoms with Crippen LogP contribution in [0.15, 0.2) is 24.3 Å². The molecule has 12 heteroatoms. The van der Waals surface area contributed by atoms with E-state index in [1.54, 1.807) is 12.1 Å². The molecule has 32 heavy (non-hydrogen) atoms. The molecular formula is C20H30N4O6S2. The zero-order chi connectivity index (χ0) is 24.3. The molecule has 0 heterocycles. The van der Waals surface area contributed by atoms with Crippen molar-refractivity contribution in [1.29, 1.82) is 0 Å². The van der Waals surface area contributed by atoms with E-state index in [0.29, 0.717) is 5.75 Å². The van der Waals surface area contributed by atoms with E-state index in [0.717, 1.165) is 5.56 Å². The minimum Gasteiger partial charge on any atom is -0.508 e. The Bertz CT molecular complexity index is 793. The van der Waals surface area contributed by atoms with Gasteiger partial charge in [0.2, 0.25) is 17.7 Å². The average Bonchev–Trinajstić information content (AvgIpc) is 2.75. The number of carboxylic acid groups (broad SMARTS) is 1. The van der Waals surface area contributed by atoms with Gasteiger partial charge in [-0.3, -0.25) is 14.4 Å². The van der Waals surface area contributed by atoms with Crippen LogP contribution in [-0.4, -0.2) is 75.8 Å². The van der Waals surface area contributed by atoms with E-state index in [9.17, 15) is 24.3 Å². The summed E-state index contributed by atoms with van der Waals surface area (Å²) >= 11 is 5.38. The first-order valence-corrected chi connectivity index (χ1v) is 11.9. The Morgan fingerprint density at radius 2 is 1.62 bits per heavy atom. The number of phenolic OH excluding ortho intramolecular Hbond substituents is 1. The number of thiol groups is 1. The van der Waals surface area contributed by atoms with E-state index >= 15 is 0 Å². The van der Waals surface area contributed by atoms with E-state index in [1.165, 1.54) is 30.8 Å². The lowest BCUT2D eigenvalue weighted by Crippen LogP contribution is -2.56. The van der Waals surface area contributed by atoms with Crippen molar-refractivity contribution in [3.05, 3.63) is 29.8 Å². The molecule has 7 N–H and O–H groups in total. The summed E-state index contributed by atoms with van der Waals surface area (Å²) in [6, 6.07) is 2.20. The van der Waals surface area contributed by atoms with Crippen LogP contribution in [0.3, 0.4) is 0 Å². The Morgan fingerprint density at radius 1 is 1.03 bits per heavy atom. The number of thioether (sulfide) groups is 1. The Balaban J connectivity index is 2.69. The number of carbonyl (C=O) groups is 4. The van der Waals surface area contributed by atoms with Crippen molar-refractivity contribution in [1.82, 2.24) is 16.0 Å². The van der Waals surface area contributed by atoms with E-state index in [2.05, 4.69) is 28.6 Å². The number of aliphatic carboxylic acids is 1. The molecule has 0 fully saturated rings. The molecule has 0 aliphatic rings. The summed E-state index contributed by atoms with van der Waals surface area (Å²) < 4.78 is 0. The smallest absolute Gasteiger partial charge is 0.327 e. The highest BCUT2D eigenvalue weighted by Crippen LogP contribution is 2.11. The number of amides is 3. The normalized spacial score (nSPS) is 14.5. The lowest BCUT2D eigenvalue weighted by molar-refractivity contribution is -0.141. The molecule has 0 bridgehead atoms. The standard InChI is InChI=1S/C20H30N4O6S2/c1-11(22-18(27)14(21)9-12-3-5-13(25)6-4-12)17(26)23-15(7-8-32-2)19(28)24-16(10-31)20(29)30/h3-6,11,14-16,25,31H,7-10,21H2,1-2H3,(H,22,27)(H,23,26)(H,24,28)(H,29,30). The van der Waals surface area contributed by atoms with Crippen molar-refractivity contribution < 1.29 is 29.4 Å². The van der Waals surface area contributed by atoms with Gasteiger partial charge >= 0.3 is 5.97 Å². The van der Waals surface area contributed by atoms with Gasteiger partial charge in [0.25, 0.3) is 0 Å². The maximum Gasteiger partial charge on any atom is 0.327 e. The van der Waals surface area contributed by atoms with Crippen LogP contribution in [0.1, 0.15) is 18.9 Å². The van der Waals surface area contributed by atoms with Gasteiger partial charge in [-0.05, 0) is 49.5 Å². The monoisotopic (exact) mass is 486 g/mol. The maximum atomic E-state index is 12.6. The summed E-state index contributed by atoms with van der Waals surface area (Å²) in [5.41, 5.74) is 6.66. The first-order valence-electron chi connectivity index (χ1n) is 9.86. The Morgan fingerprint density at radius 3 is 2.16 bits per heavy atom. The van der Waals surface area contributed by atoms with E-state index in [4.69, 9.17) is 10.8 Å². The topological polar surface area (TPSA) is 171 Å². The quantitative estimate of drug-likeness (QED) is 0.183. The van der Waals surface area contributed by atoms with Crippen LogP contribution in [0.25, 0.3) is 0 Å². The van der Waals surface area contributed by atoms with E-state index in [1.807, 2.05) is 6.26 Å². The van der Waals surface area contributed by atoms with Crippen molar-refractivity contribution in [3.63, 3.8) is 0 Å². The largest absolute Gasteiger partial charge is 0.508 e. The van der Waals surface area contributed by atoms with Crippen LogP contribution in [-0.2, 0) is 25.6 Å². The third-order valence-electron chi connectivity index (χ3n) is 4.52. The lowest BCUT2D eigenvalue weighted by atomic mass is 10.1. The van der Waals surface area contributed by atoms with Gasteiger partial charge in [0.1, 0.15) is 23.9 Å². The van der Waals surface area contributed by atoms with Gasteiger partial charge in [0.15, 0.2) is 0 Å². The molecule has 10 nitrogen and oxygen atoms in total. The predicted octanol–water partition coefficient (Wildman–Crippen LogP) is -0.496. The second-order valence-electron chi connectivity index (χ2n) is 7.13. The molecule has 178 valence electrons. The Kier molecular flexibility index (Phi) is 12.0. The second kappa shape index (κ2) is 13.9. The van der Waals surface area contributed by atoms with Crippen LogP contribution >= 0.6 is 24.4 Å². The number of carbonyl (C=O) groups excluding carboxylic acids is 3. The van der Waals surface area contributed by atoms with E-state index in [-0.39, 0.29) is 24.3 Å². The number of nitrogens with one attached hydrogen (secondary N) is 3. The zero-order valence-electron chi connectivity index (χ0n) is 17.9. The first kappa shape index (κ1) is 27.6. The third kappa shape index (κ3) is 9.37.